The van der Waals surface area contributed by atoms with Crippen molar-refractivity contribution in [3.8, 4) is 0 Å². The molecule has 1 aliphatic rings. The van der Waals surface area contributed by atoms with Gasteiger partial charge in [-0.25, -0.2) is 8.42 Å². The first-order valence-electron chi connectivity index (χ1n) is 10.4. The maximum absolute atomic E-state index is 12.6. The van der Waals surface area contributed by atoms with Crippen molar-refractivity contribution in [2.24, 2.45) is 4.99 Å². The van der Waals surface area contributed by atoms with Crippen molar-refractivity contribution in [3.63, 3.8) is 0 Å². The summed E-state index contributed by atoms with van der Waals surface area (Å²) >= 11 is 0. The average molecular weight is 434 g/mol. The van der Waals surface area contributed by atoms with Gasteiger partial charge in [-0.1, -0.05) is 42.4 Å². The Hall–Kier alpha value is -2.39. The molecule has 9 heteroatoms. The molecule has 3 rings (SSSR count). The standard InChI is InChI=1S/C21H31N5O3S/c1-3-22-21(23-11-9-18(2)19-7-5-4-6-8-19)25-12-14-26(15-13-25)30(27,28)17-20-10-16-29-24-20/h4-8,10,16,18H,3,9,11-15,17H2,1-2H3,(H,22,23). The van der Waals surface area contributed by atoms with E-state index in [1.54, 1.807) is 6.07 Å². The zero-order chi connectivity index (χ0) is 21.4. The van der Waals surface area contributed by atoms with E-state index < -0.39 is 10.0 Å². The fourth-order valence-corrected chi connectivity index (χ4v) is 4.93. The SMILES string of the molecule is CCNC(=NCCC(C)c1ccccc1)N1CCN(S(=O)(=O)Cc2ccon2)CC1. The van der Waals surface area contributed by atoms with E-state index in [9.17, 15) is 8.42 Å². The fraction of sp³-hybridized carbons (Fsp3) is 0.524. The highest BCUT2D eigenvalue weighted by Crippen LogP contribution is 2.18. The van der Waals surface area contributed by atoms with E-state index in [-0.39, 0.29) is 5.75 Å². The normalized spacial score (nSPS) is 17.1. The largest absolute Gasteiger partial charge is 0.364 e. The molecule has 1 N–H and O–H groups in total. The summed E-state index contributed by atoms with van der Waals surface area (Å²) in [4.78, 5) is 6.93. The number of nitrogens with zero attached hydrogens (tertiary/aromatic N) is 4. The number of hydrogen-bond acceptors (Lipinski definition) is 5. The number of nitrogens with one attached hydrogen (secondary N) is 1. The summed E-state index contributed by atoms with van der Waals surface area (Å²) in [6.07, 6.45) is 2.35. The van der Waals surface area contributed by atoms with E-state index in [2.05, 4.69) is 46.6 Å². The minimum atomic E-state index is -3.40. The van der Waals surface area contributed by atoms with Crippen LogP contribution in [0.25, 0.3) is 0 Å². The van der Waals surface area contributed by atoms with Crippen molar-refractivity contribution in [1.82, 2.24) is 19.7 Å². The molecule has 1 saturated heterocycles. The number of rotatable bonds is 8. The molecule has 0 radical (unpaired) electrons. The van der Waals surface area contributed by atoms with Gasteiger partial charge in [-0.3, -0.25) is 4.99 Å². The molecule has 1 unspecified atom stereocenters. The molecule has 1 aromatic heterocycles. The first-order valence-corrected chi connectivity index (χ1v) is 12.1. The highest BCUT2D eigenvalue weighted by atomic mass is 32.2. The van der Waals surface area contributed by atoms with Gasteiger partial charge in [0.2, 0.25) is 10.0 Å². The monoisotopic (exact) mass is 433 g/mol. The first kappa shape index (κ1) is 22.3. The minimum Gasteiger partial charge on any atom is -0.364 e. The molecule has 0 aliphatic carbocycles. The lowest BCUT2D eigenvalue weighted by Crippen LogP contribution is -2.53. The summed E-state index contributed by atoms with van der Waals surface area (Å²) in [7, 11) is -3.40. The number of aliphatic imine (C=N–C) groups is 1. The van der Waals surface area contributed by atoms with Gasteiger partial charge in [-0.05, 0) is 24.8 Å². The van der Waals surface area contributed by atoms with Crippen LogP contribution in [0.3, 0.4) is 0 Å². The van der Waals surface area contributed by atoms with Crippen molar-refractivity contribution in [3.05, 3.63) is 53.9 Å². The van der Waals surface area contributed by atoms with Gasteiger partial charge in [-0.2, -0.15) is 4.31 Å². The minimum absolute atomic E-state index is 0.130. The third-order valence-electron chi connectivity index (χ3n) is 5.28. The van der Waals surface area contributed by atoms with Gasteiger partial charge < -0.3 is 14.7 Å². The fourth-order valence-electron chi connectivity index (χ4n) is 3.51. The first-order chi connectivity index (χ1) is 14.5. The maximum atomic E-state index is 12.6. The Labute approximate surface area is 179 Å². The van der Waals surface area contributed by atoms with Crippen LogP contribution in [-0.4, -0.2) is 68.0 Å². The molecule has 0 spiro atoms. The Kier molecular flexibility index (Phi) is 7.87. The van der Waals surface area contributed by atoms with E-state index in [4.69, 9.17) is 9.52 Å². The van der Waals surface area contributed by atoms with Crippen molar-refractivity contribution in [2.75, 3.05) is 39.3 Å². The highest BCUT2D eigenvalue weighted by Gasteiger charge is 2.29. The van der Waals surface area contributed by atoms with E-state index in [1.165, 1.54) is 16.1 Å². The molecule has 1 aliphatic heterocycles. The second-order valence-corrected chi connectivity index (χ2v) is 9.44. The molecule has 0 amide bonds. The lowest BCUT2D eigenvalue weighted by atomic mass is 9.98. The van der Waals surface area contributed by atoms with E-state index in [0.29, 0.717) is 37.8 Å². The number of sulfonamides is 1. The van der Waals surface area contributed by atoms with Crippen LogP contribution in [0.2, 0.25) is 0 Å². The number of aromatic nitrogens is 1. The Morgan fingerprint density at radius 3 is 2.57 bits per heavy atom. The summed E-state index contributed by atoms with van der Waals surface area (Å²) < 4.78 is 31.5. The van der Waals surface area contributed by atoms with Gasteiger partial charge in [0.25, 0.3) is 0 Å². The molecular weight excluding hydrogens is 402 g/mol. The van der Waals surface area contributed by atoms with Gasteiger partial charge in [0.15, 0.2) is 5.96 Å². The summed E-state index contributed by atoms with van der Waals surface area (Å²) in [5.41, 5.74) is 1.75. The van der Waals surface area contributed by atoms with Crippen LogP contribution >= 0.6 is 0 Å². The molecule has 30 heavy (non-hydrogen) atoms. The second kappa shape index (κ2) is 10.6. The Morgan fingerprint density at radius 2 is 1.93 bits per heavy atom. The van der Waals surface area contributed by atoms with Crippen LogP contribution in [0, 0.1) is 0 Å². The maximum Gasteiger partial charge on any atom is 0.220 e. The van der Waals surface area contributed by atoms with E-state index >= 15 is 0 Å². The number of piperazine rings is 1. The summed E-state index contributed by atoms with van der Waals surface area (Å²) in [6.45, 7) is 7.85. The molecule has 2 aromatic rings. The van der Waals surface area contributed by atoms with Crippen molar-refractivity contribution < 1.29 is 12.9 Å². The van der Waals surface area contributed by atoms with Crippen LogP contribution in [0.15, 0.2) is 52.2 Å². The zero-order valence-electron chi connectivity index (χ0n) is 17.7. The van der Waals surface area contributed by atoms with Crippen molar-refractivity contribution in [2.45, 2.75) is 31.9 Å². The Balaban J connectivity index is 1.54. The quantitative estimate of drug-likeness (QED) is 0.507. The predicted octanol–water partition coefficient (Wildman–Crippen LogP) is 2.28. The zero-order valence-corrected chi connectivity index (χ0v) is 18.5. The molecule has 1 fully saturated rings. The molecule has 164 valence electrons. The summed E-state index contributed by atoms with van der Waals surface area (Å²) in [6, 6.07) is 12.0. The average Bonchev–Trinajstić information content (AvgIpc) is 3.26. The molecule has 1 aromatic carbocycles. The molecule has 8 nitrogen and oxygen atoms in total. The molecule has 0 bridgehead atoms. The molecule has 2 heterocycles. The second-order valence-electron chi connectivity index (χ2n) is 7.47. The van der Waals surface area contributed by atoms with Crippen LogP contribution in [0.4, 0.5) is 0 Å². The van der Waals surface area contributed by atoms with Gasteiger partial charge in [-0.15, -0.1) is 0 Å². The summed E-state index contributed by atoms with van der Waals surface area (Å²) in [5, 5.41) is 7.05. The Bertz CT molecular complexity index is 892. The lowest BCUT2D eigenvalue weighted by Gasteiger charge is -2.35. The lowest BCUT2D eigenvalue weighted by molar-refractivity contribution is 0.259. The smallest absolute Gasteiger partial charge is 0.220 e. The number of hydrogen-bond donors (Lipinski definition) is 1. The van der Waals surface area contributed by atoms with Gasteiger partial charge in [0, 0.05) is 45.3 Å². The third kappa shape index (κ3) is 6.06. The van der Waals surface area contributed by atoms with Gasteiger partial charge >= 0.3 is 0 Å². The van der Waals surface area contributed by atoms with E-state index in [0.717, 1.165) is 25.5 Å². The number of benzene rings is 1. The van der Waals surface area contributed by atoms with Crippen LogP contribution < -0.4 is 5.32 Å². The molecular formula is C21H31N5O3S. The highest BCUT2D eigenvalue weighted by molar-refractivity contribution is 7.88. The number of guanidine groups is 1. The predicted molar refractivity (Wildman–Crippen MR) is 118 cm³/mol. The molecule has 1 atom stereocenters. The van der Waals surface area contributed by atoms with Crippen LogP contribution in [-0.2, 0) is 15.8 Å². The van der Waals surface area contributed by atoms with Gasteiger partial charge in [0.1, 0.15) is 12.0 Å². The van der Waals surface area contributed by atoms with Crippen molar-refractivity contribution in [1.29, 1.82) is 0 Å². The third-order valence-corrected chi connectivity index (χ3v) is 7.09. The topological polar surface area (TPSA) is 91.0 Å². The van der Waals surface area contributed by atoms with Crippen LogP contribution in [0.5, 0.6) is 0 Å². The van der Waals surface area contributed by atoms with Crippen LogP contribution in [0.1, 0.15) is 37.4 Å². The Morgan fingerprint density at radius 1 is 1.20 bits per heavy atom. The van der Waals surface area contributed by atoms with E-state index in [1.807, 2.05) is 13.0 Å². The molecule has 0 saturated carbocycles. The van der Waals surface area contributed by atoms with Gasteiger partial charge in [0.05, 0.1) is 5.69 Å². The summed E-state index contributed by atoms with van der Waals surface area (Å²) in [5.74, 6) is 1.16. The van der Waals surface area contributed by atoms with Crippen molar-refractivity contribution >= 4 is 16.0 Å².